The molecular formula is C13H23N3O2S2. The molecule has 1 heterocycles. The third kappa shape index (κ3) is 6.11. The second-order valence-corrected chi connectivity index (χ2v) is 7.11. The molecule has 0 bridgehead atoms. The zero-order chi connectivity index (χ0) is 14.8. The number of sulfonamides is 1. The molecule has 0 unspecified atom stereocenters. The molecule has 0 saturated heterocycles. The minimum Gasteiger partial charge on any atom is -0.370 e. The Balaban J connectivity index is 2.49. The molecule has 2 N–H and O–H groups in total. The highest BCUT2D eigenvalue weighted by Gasteiger charge is 2.13. The lowest BCUT2D eigenvalue weighted by Gasteiger charge is -2.08. The molecule has 0 aliphatic rings. The van der Waals surface area contributed by atoms with Crippen molar-refractivity contribution in [3.8, 4) is 0 Å². The van der Waals surface area contributed by atoms with Crippen molar-refractivity contribution in [2.24, 2.45) is 0 Å². The maximum Gasteiger partial charge on any atom is 0.240 e. The highest BCUT2D eigenvalue weighted by molar-refractivity contribution is 7.98. The van der Waals surface area contributed by atoms with Gasteiger partial charge in [0.1, 0.15) is 5.82 Å². The number of nitrogens with zero attached hydrogens (tertiary/aromatic N) is 1. The SMILES string of the molecule is CCNc1cc(S(=O)(=O)NCCCCCSC)ccn1. The minimum atomic E-state index is -3.43. The van der Waals surface area contributed by atoms with E-state index in [4.69, 9.17) is 0 Å². The Kier molecular flexibility index (Phi) is 7.94. The summed E-state index contributed by atoms with van der Waals surface area (Å²) in [4.78, 5) is 4.32. The molecule has 0 amide bonds. The second kappa shape index (κ2) is 9.20. The maximum atomic E-state index is 12.1. The van der Waals surface area contributed by atoms with Gasteiger partial charge in [-0.1, -0.05) is 6.42 Å². The van der Waals surface area contributed by atoms with E-state index >= 15 is 0 Å². The normalized spacial score (nSPS) is 11.5. The first-order valence-corrected chi connectivity index (χ1v) is 9.66. The van der Waals surface area contributed by atoms with Crippen molar-refractivity contribution in [3.05, 3.63) is 18.3 Å². The fourth-order valence-electron chi connectivity index (χ4n) is 1.69. The molecule has 1 rings (SSSR count). The summed E-state index contributed by atoms with van der Waals surface area (Å²) >= 11 is 1.82. The molecular weight excluding hydrogens is 294 g/mol. The Hall–Kier alpha value is -0.790. The lowest BCUT2D eigenvalue weighted by molar-refractivity contribution is 0.576. The van der Waals surface area contributed by atoms with E-state index in [9.17, 15) is 8.42 Å². The monoisotopic (exact) mass is 317 g/mol. The van der Waals surface area contributed by atoms with Crippen LogP contribution in [-0.2, 0) is 10.0 Å². The van der Waals surface area contributed by atoms with Crippen molar-refractivity contribution < 1.29 is 8.42 Å². The van der Waals surface area contributed by atoms with E-state index in [0.717, 1.165) is 25.0 Å². The predicted molar refractivity (Wildman–Crippen MR) is 85.8 cm³/mol. The van der Waals surface area contributed by atoms with Crippen molar-refractivity contribution in [2.75, 3.05) is 30.4 Å². The smallest absolute Gasteiger partial charge is 0.240 e. The molecule has 0 radical (unpaired) electrons. The van der Waals surface area contributed by atoms with E-state index in [1.165, 1.54) is 12.3 Å². The first-order valence-electron chi connectivity index (χ1n) is 6.78. The van der Waals surface area contributed by atoms with Crippen LogP contribution in [0.1, 0.15) is 26.2 Å². The van der Waals surface area contributed by atoms with Gasteiger partial charge in [0.15, 0.2) is 0 Å². The summed E-state index contributed by atoms with van der Waals surface area (Å²) in [5.74, 6) is 1.71. The average molecular weight is 317 g/mol. The number of anilines is 1. The van der Waals surface area contributed by atoms with Gasteiger partial charge < -0.3 is 5.32 Å². The van der Waals surface area contributed by atoms with Gasteiger partial charge in [-0.05, 0) is 37.8 Å². The van der Waals surface area contributed by atoms with Crippen molar-refractivity contribution in [2.45, 2.75) is 31.1 Å². The number of pyridine rings is 1. The van der Waals surface area contributed by atoms with Crippen LogP contribution in [0, 0.1) is 0 Å². The molecule has 0 fully saturated rings. The summed E-state index contributed by atoms with van der Waals surface area (Å²) in [6, 6.07) is 3.07. The van der Waals surface area contributed by atoms with E-state index in [0.29, 0.717) is 18.9 Å². The number of unbranched alkanes of at least 4 members (excludes halogenated alkanes) is 2. The van der Waals surface area contributed by atoms with Crippen molar-refractivity contribution in [1.29, 1.82) is 0 Å². The first kappa shape index (κ1) is 17.3. The summed E-state index contributed by atoms with van der Waals surface area (Å²) in [6.07, 6.45) is 6.62. The van der Waals surface area contributed by atoms with Crippen molar-refractivity contribution >= 4 is 27.6 Å². The first-order chi connectivity index (χ1) is 9.60. The van der Waals surface area contributed by atoms with E-state index in [1.807, 2.05) is 18.7 Å². The molecule has 0 aromatic carbocycles. The molecule has 0 aliphatic carbocycles. The number of aromatic nitrogens is 1. The zero-order valence-corrected chi connectivity index (χ0v) is 13.7. The minimum absolute atomic E-state index is 0.257. The van der Waals surface area contributed by atoms with Gasteiger partial charge in [-0.15, -0.1) is 0 Å². The molecule has 5 nitrogen and oxygen atoms in total. The number of thioether (sulfide) groups is 1. The summed E-state index contributed by atoms with van der Waals surface area (Å²) in [5, 5.41) is 3.00. The maximum absolute atomic E-state index is 12.1. The third-order valence-electron chi connectivity index (χ3n) is 2.72. The number of rotatable bonds is 10. The Labute approximate surface area is 126 Å². The van der Waals surface area contributed by atoms with Crippen LogP contribution >= 0.6 is 11.8 Å². The highest BCUT2D eigenvalue weighted by atomic mass is 32.2. The number of nitrogens with one attached hydrogen (secondary N) is 2. The van der Waals surface area contributed by atoms with Gasteiger partial charge in [0.25, 0.3) is 0 Å². The van der Waals surface area contributed by atoms with Gasteiger partial charge in [0.05, 0.1) is 4.90 Å². The molecule has 0 spiro atoms. The third-order valence-corrected chi connectivity index (χ3v) is 4.87. The molecule has 114 valence electrons. The molecule has 1 aromatic rings. The van der Waals surface area contributed by atoms with Gasteiger partial charge in [-0.3, -0.25) is 0 Å². The van der Waals surface area contributed by atoms with Gasteiger partial charge in [0.2, 0.25) is 10.0 Å². The molecule has 0 aliphatic heterocycles. The van der Waals surface area contributed by atoms with Gasteiger partial charge in [0, 0.05) is 25.4 Å². The van der Waals surface area contributed by atoms with Crippen LogP contribution in [0.5, 0.6) is 0 Å². The van der Waals surface area contributed by atoms with Gasteiger partial charge >= 0.3 is 0 Å². The van der Waals surface area contributed by atoms with Crippen LogP contribution in [0.25, 0.3) is 0 Å². The van der Waals surface area contributed by atoms with Crippen LogP contribution < -0.4 is 10.0 Å². The molecule has 0 atom stereocenters. The van der Waals surface area contributed by atoms with Crippen LogP contribution in [0.2, 0.25) is 0 Å². The van der Waals surface area contributed by atoms with Crippen LogP contribution in [0.4, 0.5) is 5.82 Å². The van der Waals surface area contributed by atoms with E-state index in [-0.39, 0.29) is 4.90 Å². The second-order valence-electron chi connectivity index (χ2n) is 4.36. The molecule has 7 heteroatoms. The van der Waals surface area contributed by atoms with Crippen molar-refractivity contribution in [3.63, 3.8) is 0 Å². The lowest BCUT2D eigenvalue weighted by Crippen LogP contribution is -2.25. The van der Waals surface area contributed by atoms with Crippen LogP contribution in [0.15, 0.2) is 23.2 Å². The number of hydrogen-bond donors (Lipinski definition) is 2. The van der Waals surface area contributed by atoms with E-state index < -0.39 is 10.0 Å². The zero-order valence-electron chi connectivity index (χ0n) is 12.1. The summed E-state index contributed by atoms with van der Waals surface area (Å²) < 4.78 is 26.8. The highest BCUT2D eigenvalue weighted by Crippen LogP contribution is 2.12. The Morgan fingerprint density at radius 1 is 1.30 bits per heavy atom. The fourth-order valence-corrected chi connectivity index (χ4v) is 3.27. The van der Waals surface area contributed by atoms with E-state index in [1.54, 1.807) is 6.07 Å². The Bertz CT molecular complexity index is 492. The predicted octanol–water partition coefficient (Wildman–Crippen LogP) is 2.33. The fraction of sp³-hybridized carbons (Fsp3) is 0.615. The number of hydrogen-bond acceptors (Lipinski definition) is 5. The van der Waals surface area contributed by atoms with Crippen LogP contribution in [-0.4, -0.2) is 38.5 Å². The lowest BCUT2D eigenvalue weighted by atomic mass is 10.2. The standard InChI is InChI=1S/C13H23N3O2S2/c1-3-14-13-11-12(7-9-15-13)20(17,18)16-8-5-4-6-10-19-2/h7,9,11,16H,3-6,8,10H2,1-2H3,(H,14,15). The molecule has 20 heavy (non-hydrogen) atoms. The quantitative estimate of drug-likeness (QED) is 0.648. The largest absolute Gasteiger partial charge is 0.370 e. The van der Waals surface area contributed by atoms with Crippen LogP contribution in [0.3, 0.4) is 0 Å². The molecule has 0 saturated carbocycles. The van der Waals surface area contributed by atoms with Gasteiger partial charge in [-0.25, -0.2) is 18.1 Å². The van der Waals surface area contributed by atoms with E-state index in [2.05, 4.69) is 21.3 Å². The summed E-state index contributed by atoms with van der Waals surface area (Å²) in [6.45, 7) is 3.13. The summed E-state index contributed by atoms with van der Waals surface area (Å²) in [5.41, 5.74) is 0. The Morgan fingerprint density at radius 3 is 2.80 bits per heavy atom. The summed E-state index contributed by atoms with van der Waals surface area (Å²) in [7, 11) is -3.43. The topological polar surface area (TPSA) is 71.1 Å². The Morgan fingerprint density at radius 2 is 2.10 bits per heavy atom. The van der Waals surface area contributed by atoms with Crippen molar-refractivity contribution in [1.82, 2.24) is 9.71 Å². The molecule has 1 aromatic heterocycles. The average Bonchev–Trinajstić information content (AvgIpc) is 2.43. The van der Waals surface area contributed by atoms with Gasteiger partial charge in [-0.2, -0.15) is 11.8 Å².